The summed E-state index contributed by atoms with van der Waals surface area (Å²) in [4.78, 5) is 0. The van der Waals surface area contributed by atoms with Crippen molar-refractivity contribution in [1.29, 1.82) is 0 Å². The number of furan rings is 1. The van der Waals surface area contributed by atoms with Crippen molar-refractivity contribution in [3.63, 3.8) is 0 Å². The first-order valence-electron chi connectivity index (χ1n) is 4.75. The number of hydrogen-bond donors (Lipinski definition) is 1. The van der Waals surface area contributed by atoms with Gasteiger partial charge < -0.3 is 10.2 Å². The van der Waals surface area contributed by atoms with Crippen molar-refractivity contribution in [3.8, 4) is 0 Å². The van der Waals surface area contributed by atoms with Crippen molar-refractivity contribution < 1.29 is 17.6 Å². The molecule has 86 valence electrons. The van der Waals surface area contributed by atoms with Crippen LogP contribution in [0.1, 0.15) is 5.56 Å². The molecule has 0 aliphatic carbocycles. The Hall–Kier alpha value is -1.49. The van der Waals surface area contributed by atoms with E-state index in [1.807, 2.05) is 0 Å². The Bertz CT molecular complexity index is 489. The van der Waals surface area contributed by atoms with E-state index >= 15 is 0 Å². The molecule has 16 heavy (non-hydrogen) atoms. The lowest BCUT2D eigenvalue weighted by Gasteiger charge is -2.15. The molecule has 0 saturated heterocycles. The van der Waals surface area contributed by atoms with Crippen molar-refractivity contribution in [3.05, 3.63) is 36.1 Å². The van der Waals surface area contributed by atoms with Crippen molar-refractivity contribution in [2.45, 2.75) is 18.6 Å². The first-order valence-corrected chi connectivity index (χ1v) is 4.75. The van der Waals surface area contributed by atoms with Crippen LogP contribution in [0.2, 0.25) is 0 Å². The van der Waals surface area contributed by atoms with Crippen LogP contribution in [0, 0.1) is 0 Å². The summed E-state index contributed by atoms with van der Waals surface area (Å²) in [5.74, 6) is 0. The maximum Gasteiger partial charge on any atom is 0.403 e. The standard InChI is InChI=1S/C11H10F3NO/c12-11(13,14)10(15)6-7-1-2-9-8(5-7)3-4-16-9/h1-5,10H,6,15H2. The van der Waals surface area contributed by atoms with Crippen molar-refractivity contribution >= 4 is 11.0 Å². The molecule has 2 rings (SSSR count). The summed E-state index contributed by atoms with van der Waals surface area (Å²) in [7, 11) is 0. The van der Waals surface area contributed by atoms with E-state index in [0.29, 0.717) is 11.1 Å². The van der Waals surface area contributed by atoms with Crippen LogP contribution in [-0.4, -0.2) is 12.2 Å². The lowest BCUT2D eigenvalue weighted by Crippen LogP contribution is -2.39. The minimum Gasteiger partial charge on any atom is -0.464 e. The van der Waals surface area contributed by atoms with E-state index in [1.54, 1.807) is 24.3 Å². The molecule has 1 aromatic heterocycles. The lowest BCUT2D eigenvalue weighted by atomic mass is 10.0. The van der Waals surface area contributed by atoms with Crippen LogP contribution in [0.25, 0.3) is 11.0 Å². The van der Waals surface area contributed by atoms with Gasteiger partial charge in [-0.25, -0.2) is 0 Å². The summed E-state index contributed by atoms with van der Waals surface area (Å²) < 4.78 is 41.8. The number of alkyl halides is 3. The maximum atomic E-state index is 12.2. The molecule has 1 aromatic carbocycles. The molecule has 0 saturated carbocycles. The van der Waals surface area contributed by atoms with E-state index in [-0.39, 0.29) is 6.42 Å². The Morgan fingerprint density at radius 3 is 2.69 bits per heavy atom. The van der Waals surface area contributed by atoms with Crippen LogP contribution in [0.4, 0.5) is 13.2 Å². The molecule has 0 bridgehead atoms. The molecule has 1 atom stereocenters. The first kappa shape index (κ1) is 11.0. The quantitative estimate of drug-likeness (QED) is 0.859. The third-order valence-electron chi connectivity index (χ3n) is 2.39. The largest absolute Gasteiger partial charge is 0.464 e. The normalized spacial score (nSPS) is 14.2. The van der Waals surface area contributed by atoms with Gasteiger partial charge in [0.25, 0.3) is 0 Å². The second-order valence-corrected chi connectivity index (χ2v) is 3.65. The van der Waals surface area contributed by atoms with E-state index in [9.17, 15) is 13.2 Å². The zero-order valence-corrected chi connectivity index (χ0v) is 8.29. The minimum atomic E-state index is -4.36. The second-order valence-electron chi connectivity index (χ2n) is 3.65. The Morgan fingerprint density at radius 2 is 2.00 bits per heavy atom. The minimum absolute atomic E-state index is 0.218. The van der Waals surface area contributed by atoms with E-state index in [1.165, 1.54) is 6.26 Å². The third-order valence-corrected chi connectivity index (χ3v) is 2.39. The number of nitrogens with two attached hydrogens (primary N) is 1. The molecule has 2 nitrogen and oxygen atoms in total. The average molecular weight is 229 g/mol. The number of hydrogen-bond acceptors (Lipinski definition) is 2. The smallest absolute Gasteiger partial charge is 0.403 e. The Morgan fingerprint density at radius 1 is 1.25 bits per heavy atom. The van der Waals surface area contributed by atoms with Gasteiger partial charge in [0, 0.05) is 5.39 Å². The van der Waals surface area contributed by atoms with Crippen molar-refractivity contribution in [2.75, 3.05) is 0 Å². The SMILES string of the molecule is NC(Cc1ccc2occc2c1)C(F)(F)F. The Labute approximate surface area is 89.8 Å². The fourth-order valence-corrected chi connectivity index (χ4v) is 1.51. The van der Waals surface area contributed by atoms with Gasteiger partial charge in [-0.2, -0.15) is 13.2 Å². The molecule has 0 amide bonds. The molecule has 1 heterocycles. The molecule has 1 unspecified atom stereocenters. The summed E-state index contributed by atoms with van der Waals surface area (Å²) in [5, 5.41) is 0.784. The summed E-state index contributed by atoms with van der Waals surface area (Å²) >= 11 is 0. The average Bonchev–Trinajstić information content (AvgIpc) is 2.63. The monoisotopic (exact) mass is 229 g/mol. The molecule has 0 radical (unpaired) electrons. The third kappa shape index (κ3) is 2.19. The van der Waals surface area contributed by atoms with E-state index < -0.39 is 12.2 Å². The molecule has 2 aromatic rings. The zero-order valence-electron chi connectivity index (χ0n) is 8.29. The number of halogens is 3. The van der Waals surface area contributed by atoms with Crippen LogP contribution < -0.4 is 5.73 Å². The molecular weight excluding hydrogens is 219 g/mol. The van der Waals surface area contributed by atoms with Crippen LogP contribution >= 0.6 is 0 Å². The van der Waals surface area contributed by atoms with Gasteiger partial charge >= 0.3 is 6.18 Å². The molecule has 2 N–H and O–H groups in total. The summed E-state index contributed by atoms with van der Waals surface area (Å²) in [5.41, 5.74) is 6.26. The van der Waals surface area contributed by atoms with Gasteiger partial charge in [0.05, 0.1) is 6.26 Å². The van der Waals surface area contributed by atoms with Crippen LogP contribution in [0.3, 0.4) is 0 Å². The van der Waals surface area contributed by atoms with Gasteiger partial charge in [0.15, 0.2) is 0 Å². The molecule has 0 fully saturated rings. The highest BCUT2D eigenvalue weighted by molar-refractivity contribution is 5.77. The van der Waals surface area contributed by atoms with E-state index in [4.69, 9.17) is 10.2 Å². The van der Waals surface area contributed by atoms with Gasteiger partial charge in [-0.1, -0.05) is 6.07 Å². The number of benzene rings is 1. The molecule has 0 aliphatic heterocycles. The van der Waals surface area contributed by atoms with E-state index in [0.717, 1.165) is 5.39 Å². The predicted octanol–water partition coefficient (Wildman–Crippen LogP) is 2.86. The van der Waals surface area contributed by atoms with Crippen LogP contribution in [0.5, 0.6) is 0 Å². The fourth-order valence-electron chi connectivity index (χ4n) is 1.51. The summed E-state index contributed by atoms with van der Waals surface area (Å²) in [6.07, 6.45) is -3.08. The number of rotatable bonds is 2. The first-order chi connectivity index (χ1) is 7.47. The maximum absolute atomic E-state index is 12.2. The highest BCUT2D eigenvalue weighted by atomic mass is 19.4. The van der Waals surface area contributed by atoms with Crippen molar-refractivity contribution in [2.24, 2.45) is 5.73 Å². The van der Waals surface area contributed by atoms with Gasteiger partial charge in [0.1, 0.15) is 11.6 Å². The lowest BCUT2D eigenvalue weighted by molar-refractivity contribution is -0.147. The Kier molecular flexibility index (Phi) is 2.63. The van der Waals surface area contributed by atoms with Crippen LogP contribution in [0.15, 0.2) is 34.9 Å². The van der Waals surface area contributed by atoms with Crippen molar-refractivity contribution in [1.82, 2.24) is 0 Å². The molecule has 5 heteroatoms. The number of fused-ring (bicyclic) bond motifs is 1. The molecule has 0 aliphatic rings. The van der Waals surface area contributed by atoms with Gasteiger partial charge in [-0.05, 0) is 30.2 Å². The van der Waals surface area contributed by atoms with Gasteiger partial charge in [-0.15, -0.1) is 0 Å². The fraction of sp³-hybridized carbons (Fsp3) is 0.273. The molecule has 0 spiro atoms. The highest BCUT2D eigenvalue weighted by Gasteiger charge is 2.36. The van der Waals surface area contributed by atoms with Gasteiger partial charge in [0.2, 0.25) is 0 Å². The zero-order chi connectivity index (χ0) is 11.8. The highest BCUT2D eigenvalue weighted by Crippen LogP contribution is 2.23. The second kappa shape index (κ2) is 3.83. The van der Waals surface area contributed by atoms with Gasteiger partial charge in [-0.3, -0.25) is 0 Å². The predicted molar refractivity (Wildman–Crippen MR) is 53.9 cm³/mol. The Balaban J connectivity index is 2.21. The van der Waals surface area contributed by atoms with Crippen LogP contribution in [-0.2, 0) is 6.42 Å². The summed E-state index contributed by atoms with van der Waals surface area (Å²) in [6.45, 7) is 0. The molecular formula is C11H10F3NO. The summed E-state index contributed by atoms with van der Waals surface area (Å²) in [6, 6.07) is 4.78. The van der Waals surface area contributed by atoms with E-state index in [2.05, 4.69) is 0 Å². The topological polar surface area (TPSA) is 39.2 Å².